The molecule has 0 bridgehead atoms. The second-order valence-electron chi connectivity index (χ2n) is 4.10. The van der Waals surface area contributed by atoms with Gasteiger partial charge in [-0.05, 0) is 31.9 Å². The van der Waals surface area contributed by atoms with E-state index in [2.05, 4.69) is 21.0 Å². The molecule has 76 valence electrons. The molecule has 1 aliphatic carbocycles. The van der Waals surface area contributed by atoms with Crippen LogP contribution in [0.1, 0.15) is 24.6 Å². The lowest BCUT2D eigenvalue weighted by Gasteiger charge is -1.97. The van der Waals surface area contributed by atoms with Crippen LogP contribution < -0.4 is 0 Å². The lowest BCUT2D eigenvalue weighted by atomic mass is 10.2. The third-order valence-corrected chi connectivity index (χ3v) is 2.71. The summed E-state index contributed by atoms with van der Waals surface area (Å²) in [6, 6.07) is 6.71. The maximum absolute atomic E-state index is 4.48. The van der Waals surface area contributed by atoms with Gasteiger partial charge >= 0.3 is 0 Å². The van der Waals surface area contributed by atoms with Gasteiger partial charge in [0.1, 0.15) is 0 Å². The zero-order valence-electron chi connectivity index (χ0n) is 8.72. The number of aromatic nitrogens is 3. The summed E-state index contributed by atoms with van der Waals surface area (Å²) in [5.74, 6) is 0. The van der Waals surface area contributed by atoms with Gasteiger partial charge in [0.15, 0.2) is 0 Å². The fourth-order valence-electron chi connectivity index (χ4n) is 1.71. The average molecular weight is 199 g/mol. The van der Waals surface area contributed by atoms with Gasteiger partial charge in [-0.1, -0.05) is 6.07 Å². The van der Waals surface area contributed by atoms with Gasteiger partial charge in [0.25, 0.3) is 0 Å². The van der Waals surface area contributed by atoms with E-state index in [-0.39, 0.29) is 0 Å². The molecule has 3 nitrogen and oxygen atoms in total. The van der Waals surface area contributed by atoms with Crippen LogP contribution in [0.5, 0.6) is 0 Å². The summed E-state index contributed by atoms with van der Waals surface area (Å²) in [7, 11) is 0. The van der Waals surface area contributed by atoms with Crippen molar-refractivity contribution in [2.45, 2.75) is 25.8 Å². The van der Waals surface area contributed by atoms with Crippen LogP contribution in [0.4, 0.5) is 0 Å². The first-order valence-corrected chi connectivity index (χ1v) is 5.31. The summed E-state index contributed by atoms with van der Waals surface area (Å²) in [5.41, 5.74) is 3.18. The summed E-state index contributed by atoms with van der Waals surface area (Å²) in [4.78, 5) is 4.48. The Morgan fingerprint density at radius 1 is 1.33 bits per heavy atom. The van der Waals surface area contributed by atoms with Crippen LogP contribution in [-0.4, -0.2) is 14.8 Å². The SMILES string of the molecule is Cc1cccc(-c2cnn(C3CC3)c2)n1. The summed E-state index contributed by atoms with van der Waals surface area (Å²) in [6.45, 7) is 2.01. The molecule has 0 atom stereocenters. The molecule has 1 aliphatic rings. The normalized spacial score (nSPS) is 15.5. The highest BCUT2D eigenvalue weighted by atomic mass is 15.3. The zero-order valence-corrected chi connectivity index (χ0v) is 8.72. The van der Waals surface area contributed by atoms with E-state index in [1.807, 2.05) is 31.3 Å². The predicted molar refractivity (Wildman–Crippen MR) is 58.5 cm³/mol. The number of pyridine rings is 1. The first kappa shape index (κ1) is 8.65. The maximum Gasteiger partial charge on any atom is 0.0736 e. The van der Waals surface area contributed by atoms with E-state index in [9.17, 15) is 0 Å². The Morgan fingerprint density at radius 3 is 2.93 bits per heavy atom. The van der Waals surface area contributed by atoms with Crippen molar-refractivity contribution in [3.05, 3.63) is 36.3 Å². The van der Waals surface area contributed by atoms with Crippen LogP contribution in [0.2, 0.25) is 0 Å². The molecule has 1 saturated carbocycles. The van der Waals surface area contributed by atoms with Gasteiger partial charge in [0, 0.05) is 17.5 Å². The third kappa shape index (κ3) is 1.65. The molecular weight excluding hydrogens is 186 g/mol. The highest BCUT2D eigenvalue weighted by molar-refractivity contribution is 5.56. The summed E-state index contributed by atoms with van der Waals surface area (Å²) in [6.07, 6.45) is 6.53. The number of rotatable bonds is 2. The van der Waals surface area contributed by atoms with Crippen LogP contribution in [0.25, 0.3) is 11.3 Å². The number of nitrogens with zero attached hydrogens (tertiary/aromatic N) is 3. The van der Waals surface area contributed by atoms with Crippen LogP contribution in [0.15, 0.2) is 30.6 Å². The second-order valence-corrected chi connectivity index (χ2v) is 4.10. The molecular formula is C12H13N3. The van der Waals surface area contributed by atoms with Gasteiger partial charge in [-0.15, -0.1) is 0 Å². The summed E-state index contributed by atoms with van der Waals surface area (Å²) in [5, 5.41) is 4.36. The first-order chi connectivity index (χ1) is 7.33. The van der Waals surface area contributed by atoms with Crippen LogP contribution in [0.3, 0.4) is 0 Å². The first-order valence-electron chi connectivity index (χ1n) is 5.31. The topological polar surface area (TPSA) is 30.7 Å². The molecule has 0 radical (unpaired) electrons. The molecule has 0 spiro atoms. The predicted octanol–water partition coefficient (Wildman–Crippen LogP) is 2.59. The van der Waals surface area contributed by atoms with Crippen LogP contribution >= 0.6 is 0 Å². The molecule has 2 aromatic heterocycles. The molecule has 0 amide bonds. The third-order valence-electron chi connectivity index (χ3n) is 2.71. The second kappa shape index (κ2) is 3.19. The van der Waals surface area contributed by atoms with Crippen molar-refractivity contribution in [2.75, 3.05) is 0 Å². The fourth-order valence-corrected chi connectivity index (χ4v) is 1.71. The number of hydrogen-bond acceptors (Lipinski definition) is 2. The minimum Gasteiger partial charge on any atom is -0.269 e. The monoisotopic (exact) mass is 199 g/mol. The minimum absolute atomic E-state index is 0.642. The molecule has 15 heavy (non-hydrogen) atoms. The van der Waals surface area contributed by atoms with Crippen molar-refractivity contribution < 1.29 is 0 Å². The Morgan fingerprint density at radius 2 is 2.20 bits per heavy atom. The van der Waals surface area contributed by atoms with E-state index in [0.29, 0.717) is 6.04 Å². The standard InChI is InChI=1S/C12H13N3/c1-9-3-2-4-12(14-9)10-7-13-15(8-10)11-5-6-11/h2-4,7-8,11H,5-6H2,1H3. The molecule has 3 rings (SSSR count). The molecule has 0 saturated heterocycles. The lowest BCUT2D eigenvalue weighted by Crippen LogP contribution is -1.92. The van der Waals surface area contributed by atoms with Crippen molar-refractivity contribution in [2.24, 2.45) is 0 Å². The smallest absolute Gasteiger partial charge is 0.0736 e. The van der Waals surface area contributed by atoms with Gasteiger partial charge in [0.2, 0.25) is 0 Å². The summed E-state index contributed by atoms with van der Waals surface area (Å²) < 4.78 is 2.05. The minimum atomic E-state index is 0.642. The van der Waals surface area contributed by atoms with E-state index < -0.39 is 0 Å². The van der Waals surface area contributed by atoms with Crippen LogP contribution in [-0.2, 0) is 0 Å². The van der Waals surface area contributed by atoms with Gasteiger partial charge in [0.05, 0.1) is 17.9 Å². The Kier molecular flexibility index (Phi) is 1.84. The van der Waals surface area contributed by atoms with E-state index in [1.165, 1.54) is 12.8 Å². The maximum atomic E-state index is 4.48. The molecule has 1 fully saturated rings. The van der Waals surface area contributed by atoms with Gasteiger partial charge in [-0.25, -0.2) is 0 Å². The zero-order chi connectivity index (χ0) is 10.3. The van der Waals surface area contributed by atoms with Crippen molar-refractivity contribution in [1.82, 2.24) is 14.8 Å². The highest BCUT2D eigenvalue weighted by Gasteiger charge is 2.24. The van der Waals surface area contributed by atoms with E-state index in [4.69, 9.17) is 0 Å². The van der Waals surface area contributed by atoms with E-state index in [0.717, 1.165) is 17.0 Å². The Balaban J connectivity index is 1.97. The molecule has 3 heteroatoms. The molecule has 0 unspecified atom stereocenters. The molecule has 0 aromatic carbocycles. The fraction of sp³-hybridized carbons (Fsp3) is 0.333. The van der Waals surface area contributed by atoms with Gasteiger partial charge in [-0.3, -0.25) is 9.67 Å². The quantitative estimate of drug-likeness (QED) is 0.744. The largest absolute Gasteiger partial charge is 0.269 e. The molecule has 2 heterocycles. The van der Waals surface area contributed by atoms with Gasteiger partial charge < -0.3 is 0 Å². The Bertz CT molecular complexity index is 483. The highest BCUT2D eigenvalue weighted by Crippen LogP contribution is 2.34. The summed E-state index contributed by atoms with van der Waals surface area (Å²) >= 11 is 0. The van der Waals surface area contributed by atoms with E-state index >= 15 is 0 Å². The average Bonchev–Trinajstić information content (AvgIpc) is 2.97. The van der Waals surface area contributed by atoms with E-state index in [1.54, 1.807) is 0 Å². The number of aryl methyl sites for hydroxylation is 1. The Labute approximate surface area is 88.8 Å². The van der Waals surface area contributed by atoms with Crippen LogP contribution in [0, 0.1) is 6.92 Å². The Hall–Kier alpha value is -1.64. The lowest BCUT2D eigenvalue weighted by molar-refractivity contribution is 0.642. The van der Waals surface area contributed by atoms with Gasteiger partial charge in [-0.2, -0.15) is 5.10 Å². The molecule has 2 aromatic rings. The van der Waals surface area contributed by atoms with Crippen molar-refractivity contribution in [1.29, 1.82) is 0 Å². The van der Waals surface area contributed by atoms with Crippen molar-refractivity contribution >= 4 is 0 Å². The van der Waals surface area contributed by atoms with Crippen molar-refractivity contribution in [3.63, 3.8) is 0 Å². The molecule has 0 N–H and O–H groups in total. The number of hydrogen-bond donors (Lipinski definition) is 0. The molecule has 0 aliphatic heterocycles. The van der Waals surface area contributed by atoms with Crippen molar-refractivity contribution in [3.8, 4) is 11.3 Å².